The Balaban J connectivity index is 1.60. The van der Waals surface area contributed by atoms with Gasteiger partial charge in [-0.1, -0.05) is 29.8 Å². The molecule has 0 unspecified atom stereocenters. The number of phenols is 1. The van der Waals surface area contributed by atoms with Crippen LogP contribution < -0.4 is 5.32 Å². The molecule has 0 aliphatic carbocycles. The highest BCUT2D eigenvalue weighted by molar-refractivity contribution is 6.33. The molecule has 1 saturated heterocycles. The second kappa shape index (κ2) is 7.18. The lowest BCUT2D eigenvalue weighted by atomic mass is 10.1. The van der Waals surface area contributed by atoms with E-state index in [1.807, 2.05) is 24.3 Å². The van der Waals surface area contributed by atoms with Crippen molar-refractivity contribution < 1.29 is 14.6 Å². The highest BCUT2D eigenvalue weighted by Crippen LogP contribution is 2.44. The van der Waals surface area contributed by atoms with Gasteiger partial charge < -0.3 is 19.9 Å². The van der Waals surface area contributed by atoms with Gasteiger partial charge >= 0.3 is 0 Å². The standard InChI is InChI=1S/C21H19ClN4O3/c22-15-9-13-20(28)18(10-17-12-3-1-2-4-16(12)24-25-17)29-21(13)14(19(15)27)11-26-7-5-23-6-8-26/h1-4,9-10,23,27-28H,5-8,11H2. The fourth-order valence-electron chi connectivity index (χ4n) is 3.77. The quantitative estimate of drug-likeness (QED) is 0.591. The maximum absolute atomic E-state index is 10.8. The zero-order valence-electron chi connectivity index (χ0n) is 15.5. The molecule has 148 valence electrons. The molecule has 2 aromatic carbocycles. The predicted molar refractivity (Wildman–Crippen MR) is 112 cm³/mol. The van der Waals surface area contributed by atoms with Crippen LogP contribution in [-0.4, -0.2) is 41.3 Å². The van der Waals surface area contributed by atoms with Gasteiger partial charge in [-0.3, -0.25) is 4.90 Å². The van der Waals surface area contributed by atoms with Gasteiger partial charge in [0, 0.05) is 44.4 Å². The molecule has 0 bridgehead atoms. The van der Waals surface area contributed by atoms with Crippen molar-refractivity contribution in [1.82, 2.24) is 10.2 Å². The highest BCUT2D eigenvalue weighted by atomic mass is 35.5. The second-order valence-electron chi connectivity index (χ2n) is 7.15. The second-order valence-corrected chi connectivity index (χ2v) is 7.56. The van der Waals surface area contributed by atoms with Gasteiger partial charge in [-0.2, -0.15) is 0 Å². The number of fused-ring (bicyclic) bond motifs is 2. The number of hydrogen-bond donors (Lipinski definition) is 3. The summed E-state index contributed by atoms with van der Waals surface area (Å²) in [7, 11) is 0. The molecule has 0 atom stereocenters. The molecule has 29 heavy (non-hydrogen) atoms. The van der Waals surface area contributed by atoms with Crippen LogP contribution in [0.5, 0.6) is 11.5 Å². The van der Waals surface area contributed by atoms with E-state index >= 15 is 0 Å². The Hall–Kier alpha value is -2.87. The molecule has 5 rings (SSSR count). The van der Waals surface area contributed by atoms with E-state index in [2.05, 4.69) is 20.4 Å². The van der Waals surface area contributed by atoms with Gasteiger partial charge in [0.05, 0.1) is 27.4 Å². The summed E-state index contributed by atoms with van der Waals surface area (Å²) in [5.41, 5.74) is 3.25. The van der Waals surface area contributed by atoms with Crippen molar-refractivity contribution in [3.63, 3.8) is 0 Å². The number of furan rings is 1. The Morgan fingerprint density at radius 1 is 1.14 bits per heavy atom. The summed E-state index contributed by atoms with van der Waals surface area (Å²) in [6.07, 6.45) is 1.66. The first-order valence-electron chi connectivity index (χ1n) is 9.43. The molecule has 1 fully saturated rings. The van der Waals surface area contributed by atoms with E-state index in [0.717, 1.165) is 37.4 Å². The maximum Gasteiger partial charge on any atom is 0.172 e. The number of hydrogen-bond acceptors (Lipinski definition) is 7. The maximum atomic E-state index is 10.8. The summed E-state index contributed by atoms with van der Waals surface area (Å²) in [6, 6.07) is 9.12. The minimum atomic E-state index is -0.0319. The molecule has 7 nitrogen and oxygen atoms in total. The number of nitrogens with one attached hydrogen (secondary N) is 1. The average molecular weight is 411 g/mol. The third-order valence-electron chi connectivity index (χ3n) is 5.31. The number of aromatic hydroxyl groups is 2. The summed E-state index contributed by atoms with van der Waals surface area (Å²) in [5.74, 6) is 0.209. The van der Waals surface area contributed by atoms with Gasteiger partial charge in [-0.05, 0) is 12.1 Å². The van der Waals surface area contributed by atoms with Crippen molar-refractivity contribution in [2.45, 2.75) is 6.54 Å². The van der Waals surface area contributed by atoms with Crippen LogP contribution in [0.1, 0.15) is 16.9 Å². The third-order valence-corrected chi connectivity index (χ3v) is 5.60. The lowest BCUT2D eigenvalue weighted by Crippen LogP contribution is -2.42. The molecular formula is C21H19ClN4O3. The lowest BCUT2D eigenvalue weighted by molar-refractivity contribution is 0.230. The molecule has 0 amide bonds. The van der Waals surface area contributed by atoms with Crippen LogP contribution in [0.4, 0.5) is 5.69 Å². The summed E-state index contributed by atoms with van der Waals surface area (Å²) in [5, 5.41) is 33.6. The van der Waals surface area contributed by atoms with E-state index in [9.17, 15) is 10.2 Å². The number of rotatable bonds is 3. The Morgan fingerprint density at radius 3 is 2.76 bits per heavy atom. The monoisotopic (exact) mass is 410 g/mol. The first kappa shape index (κ1) is 18.2. The summed E-state index contributed by atoms with van der Waals surface area (Å²) >= 11 is 6.25. The molecule has 3 aromatic rings. The Morgan fingerprint density at radius 2 is 1.93 bits per heavy atom. The van der Waals surface area contributed by atoms with Gasteiger partial charge in [0.25, 0.3) is 0 Å². The number of phenolic OH excluding ortho intramolecular Hbond substituents is 1. The van der Waals surface area contributed by atoms with Crippen LogP contribution in [0, 0.1) is 0 Å². The Bertz CT molecular complexity index is 1160. The summed E-state index contributed by atoms with van der Waals surface area (Å²) < 4.78 is 6.00. The van der Waals surface area contributed by atoms with Crippen molar-refractivity contribution in [3.8, 4) is 11.5 Å². The number of piperazine rings is 1. The topological polar surface area (TPSA) is 93.6 Å². The molecular weight excluding hydrogens is 392 g/mol. The smallest absolute Gasteiger partial charge is 0.172 e. The first-order valence-corrected chi connectivity index (χ1v) is 9.81. The molecule has 0 spiro atoms. The van der Waals surface area contributed by atoms with Gasteiger partial charge in [-0.25, -0.2) is 0 Å². The van der Waals surface area contributed by atoms with Crippen molar-refractivity contribution in [2.75, 3.05) is 26.2 Å². The first-order chi connectivity index (χ1) is 14.1. The van der Waals surface area contributed by atoms with Crippen LogP contribution in [0.15, 0.2) is 45.0 Å². The van der Waals surface area contributed by atoms with Crippen LogP contribution in [0.3, 0.4) is 0 Å². The fourth-order valence-corrected chi connectivity index (χ4v) is 3.99. The Kier molecular flexibility index (Phi) is 4.50. The van der Waals surface area contributed by atoms with E-state index in [1.54, 1.807) is 6.08 Å². The Labute approximate surface area is 171 Å². The van der Waals surface area contributed by atoms with Gasteiger partial charge in [0.15, 0.2) is 11.5 Å². The van der Waals surface area contributed by atoms with Crippen LogP contribution in [0.2, 0.25) is 5.02 Å². The van der Waals surface area contributed by atoms with E-state index < -0.39 is 0 Å². The molecule has 8 heteroatoms. The normalized spacial score (nSPS) is 18.0. The van der Waals surface area contributed by atoms with Gasteiger partial charge in [-0.15, -0.1) is 10.2 Å². The third kappa shape index (κ3) is 3.17. The van der Waals surface area contributed by atoms with E-state index in [1.165, 1.54) is 6.07 Å². The zero-order chi connectivity index (χ0) is 20.0. The van der Waals surface area contributed by atoms with Crippen molar-refractivity contribution in [3.05, 3.63) is 52.2 Å². The highest BCUT2D eigenvalue weighted by Gasteiger charge is 2.24. The van der Waals surface area contributed by atoms with Crippen LogP contribution in [-0.2, 0) is 6.54 Å². The lowest BCUT2D eigenvalue weighted by Gasteiger charge is -2.27. The molecule has 2 aliphatic heterocycles. The van der Waals surface area contributed by atoms with E-state index in [-0.39, 0.29) is 22.3 Å². The summed E-state index contributed by atoms with van der Waals surface area (Å²) in [6.45, 7) is 3.96. The number of halogens is 1. The number of benzene rings is 2. The minimum Gasteiger partial charge on any atom is -0.506 e. The van der Waals surface area contributed by atoms with Crippen LogP contribution in [0.25, 0.3) is 22.7 Å². The molecule has 0 saturated carbocycles. The van der Waals surface area contributed by atoms with Crippen LogP contribution >= 0.6 is 11.6 Å². The minimum absolute atomic E-state index is 0.0171. The average Bonchev–Trinajstić information content (AvgIpc) is 3.28. The van der Waals surface area contributed by atoms with Gasteiger partial charge in [0.2, 0.25) is 0 Å². The molecule has 1 aromatic heterocycles. The number of azo groups is 1. The van der Waals surface area contributed by atoms with Gasteiger partial charge in [0.1, 0.15) is 11.3 Å². The molecule has 3 N–H and O–H groups in total. The zero-order valence-corrected chi connectivity index (χ0v) is 16.3. The largest absolute Gasteiger partial charge is 0.506 e. The SMILES string of the molecule is Oc1c(Cl)cc2c(O)c(C=C3N=Nc4ccccc43)oc2c1CN1CCNCC1. The summed E-state index contributed by atoms with van der Waals surface area (Å²) in [4.78, 5) is 2.21. The van der Waals surface area contributed by atoms with Crippen molar-refractivity contribution in [1.29, 1.82) is 0 Å². The number of nitrogens with zero attached hydrogens (tertiary/aromatic N) is 3. The molecule has 2 aliphatic rings. The molecule has 3 heterocycles. The van der Waals surface area contributed by atoms with E-state index in [0.29, 0.717) is 28.8 Å². The van der Waals surface area contributed by atoms with Crippen molar-refractivity contribution in [2.24, 2.45) is 10.2 Å². The predicted octanol–water partition coefficient (Wildman–Crippen LogP) is 4.50. The van der Waals surface area contributed by atoms with E-state index in [4.69, 9.17) is 16.0 Å². The fraction of sp³-hybridized carbons (Fsp3) is 0.238. The molecule has 0 radical (unpaired) electrons. The van der Waals surface area contributed by atoms with Crippen molar-refractivity contribution >= 4 is 40.0 Å².